The maximum Gasteiger partial charge on any atom is 0.271 e. The molecule has 0 spiro atoms. The molecule has 1 aliphatic heterocycles. The number of nitrogens with one attached hydrogen (secondary N) is 1. The number of rotatable bonds is 4. The van der Waals surface area contributed by atoms with Crippen LogP contribution in [0.3, 0.4) is 0 Å². The highest BCUT2D eigenvalue weighted by Crippen LogP contribution is 2.33. The number of amides is 1. The van der Waals surface area contributed by atoms with Crippen LogP contribution in [0.25, 0.3) is 6.08 Å². The summed E-state index contributed by atoms with van der Waals surface area (Å²) in [5.74, 6) is -0.251. The van der Waals surface area contributed by atoms with Crippen LogP contribution in [0, 0.1) is 0 Å². The molecule has 4 heterocycles. The average Bonchev–Trinajstić information content (AvgIpc) is 3.51. The van der Waals surface area contributed by atoms with Crippen molar-refractivity contribution in [1.29, 1.82) is 0 Å². The van der Waals surface area contributed by atoms with Crippen LogP contribution in [0.5, 0.6) is 0 Å². The van der Waals surface area contributed by atoms with E-state index < -0.39 is 6.04 Å². The third kappa shape index (κ3) is 3.74. The van der Waals surface area contributed by atoms with E-state index in [9.17, 15) is 9.59 Å². The summed E-state index contributed by atoms with van der Waals surface area (Å²) in [6, 6.07) is 16.6. The molecule has 0 bridgehead atoms. The van der Waals surface area contributed by atoms with Crippen LogP contribution in [0.4, 0.5) is 5.69 Å². The van der Waals surface area contributed by atoms with Crippen molar-refractivity contribution >= 4 is 51.7 Å². The number of carbonyl (C=O) groups excluding carboxylic acids is 1. The highest BCUT2D eigenvalue weighted by atomic mass is 32.1. The number of carbonyl (C=O) groups is 1. The lowest BCUT2D eigenvalue weighted by Crippen LogP contribution is -2.40. The molecule has 1 amide bonds. The first-order valence-corrected chi connectivity index (χ1v) is 12.2. The first-order valence-electron chi connectivity index (χ1n) is 9.57. The molecule has 3 aromatic heterocycles. The zero-order valence-electron chi connectivity index (χ0n) is 16.4. The SMILES string of the molecule is CC1=C(C(=O)Nc2ccccc2)[C@H](c2cccs2)n2c(sc(=Cc3cccs3)c2=O)=N1. The van der Waals surface area contributed by atoms with Crippen LogP contribution in [0.2, 0.25) is 0 Å². The smallest absolute Gasteiger partial charge is 0.271 e. The fourth-order valence-electron chi connectivity index (χ4n) is 3.55. The number of benzene rings is 1. The maximum atomic E-state index is 13.4. The standard InChI is InChI=1S/C23H17N3O2S3/c1-14-19(21(27)25-15-7-3-2-4-8-15)20(17-10-6-12-30-17)26-22(28)18(31-23(26)24-14)13-16-9-5-11-29-16/h2-13,20H,1H3,(H,25,27)/t20-/m0/s1. The van der Waals surface area contributed by atoms with Gasteiger partial charge in [0.15, 0.2) is 4.80 Å². The van der Waals surface area contributed by atoms with E-state index in [2.05, 4.69) is 10.3 Å². The van der Waals surface area contributed by atoms with Gasteiger partial charge >= 0.3 is 0 Å². The van der Waals surface area contributed by atoms with Gasteiger partial charge in [-0.05, 0) is 48.0 Å². The number of allylic oxidation sites excluding steroid dienone is 1. The Morgan fingerprint density at radius 3 is 2.55 bits per heavy atom. The third-order valence-corrected chi connectivity index (χ3v) is 7.65. The van der Waals surface area contributed by atoms with Gasteiger partial charge in [0.2, 0.25) is 0 Å². The lowest BCUT2D eigenvalue weighted by Gasteiger charge is -2.24. The van der Waals surface area contributed by atoms with Gasteiger partial charge in [-0.3, -0.25) is 14.2 Å². The fourth-order valence-corrected chi connectivity index (χ4v) is 6.14. The van der Waals surface area contributed by atoms with Crippen LogP contribution in [0.15, 0.2) is 86.4 Å². The number of para-hydroxylation sites is 1. The van der Waals surface area contributed by atoms with Crippen molar-refractivity contribution in [3.63, 3.8) is 0 Å². The van der Waals surface area contributed by atoms with Crippen molar-refractivity contribution in [1.82, 2.24) is 4.57 Å². The first-order chi connectivity index (χ1) is 15.1. The molecule has 1 aliphatic rings. The van der Waals surface area contributed by atoms with Crippen molar-refractivity contribution < 1.29 is 4.79 Å². The second kappa shape index (κ2) is 8.22. The summed E-state index contributed by atoms with van der Waals surface area (Å²) >= 11 is 4.46. The second-order valence-corrected chi connectivity index (χ2v) is 9.90. The van der Waals surface area contributed by atoms with Gasteiger partial charge in [-0.1, -0.05) is 41.7 Å². The van der Waals surface area contributed by atoms with Gasteiger partial charge in [-0.15, -0.1) is 22.7 Å². The summed E-state index contributed by atoms with van der Waals surface area (Å²) in [4.78, 5) is 33.9. The molecule has 1 aromatic carbocycles. The third-order valence-electron chi connectivity index (χ3n) is 4.93. The Morgan fingerprint density at radius 2 is 1.84 bits per heavy atom. The highest BCUT2D eigenvalue weighted by Gasteiger charge is 2.33. The van der Waals surface area contributed by atoms with E-state index in [1.807, 2.05) is 78.4 Å². The molecule has 0 radical (unpaired) electrons. The Hall–Kier alpha value is -3.07. The van der Waals surface area contributed by atoms with Gasteiger partial charge < -0.3 is 5.32 Å². The molecule has 1 atom stereocenters. The Bertz CT molecular complexity index is 1440. The number of hydrogen-bond donors (Lipinski definition) is 1. The van der Waals surface area contributed by atoms with E-state index in [-0.39, 0.29) is 11.5 Å². The molecule has 0 saturated heterocycles. The van der Waals surface area contributed by atoms with Crippen LogP contribution >= 0.6 is 34.0 Å². The molecular weight excluding hydrogens is 446 g/mol. The summed E-state index contributed by atoms with van der Waals surface area (Å²) < 4.78 is 2.27. The number of nitrogens with zero attached hydrogens (tertiary/aromatic N) is 2. The minimum absolute atomic E-state index is 0.131. The van der Waals surface area contributed by atoms with Crippen LogP contribution in [-0.4, -0.2) is 10.5 Å². The van der Waals surface area contributed by atoms with Crippen LogP contribution < -0.4 is 20.2 Å². The molecule has 0 aliphatic carbocycles. The molecule has 0 fully saturated rings. The zero-order valence-corrected chi connectivity index (χ0v) is 18.9. The van der Waals surface area contributed by atoms with Crippen molar-refractivity contribution in [3.8, 4) is 0 Å². The van der Waals surface area contributed by atoms with Crippen LogP contribution in [-0.2, 0) is 4.79 Å². The topological polar surface area (TPSA) is 63.5 Å². The molecule has 0 unspecified atom stereocenters. The Kier molecular flexibility index (Phi) is 5.27. The fraction of sp³-hybridized carbons (Fsp3) is 0.0870. The normalized spacial score (nSPS) is 16.2. The lowest BCUT2D eigenvalue weighted by atomic mass is 10.0. The van der Waals surface area contributed by atoms with Gasteiger partial charge in [0.25, 0.3) is 11.5 Å². The summed E-state index contributed by atoms with van der Waals surface area (Å²) in [5.41, 5.74) is 1.68. The molecule has 1 N–H and O–H groups in total. The number of thiazole rings is 1. The molecule has 5 nitrogen and oxygen atoms in total. The lowest BCUT2D eigenvalue weighted by molar-refractivity contribution is -0.113. The molecule has 0 saturated carbocycles. The monoisotopic (exact) mass is 463 g/mol. The average molecular weight is 464 g/mol. The molecule has 8 heteroatoms. The molecule has 4 aromatic rings. The molecule has 154 valence electrons. The Morgan fingerprint density at radius 1 is 1.06 bits per heavy atom. The molecule has 31 heavy (non-hydrogen) atoms. The van der Waals surface area contributed by atoms with E-state index in [1.54, 1.807) is 15.9 Å². The minimum atomic E-state index is -0.509. The first kappa shape index (κ1) is 19.9. The summed E-state index contributed by atoms with van der Waals surface area (Å²) in [6.45, 7) is 1.83. The van der Waals surface area contributed by atoms with Gasteiger partial charge in [-0.2, -0.15) is 0 Å². The van der Waals surface area contributed by atoms with Gasteiger partial charge in [0.05, 0.1) is 15.8 Å². The van der Waals surface area contributed by atoms with Gasteiger partial charge in [0, 0.05) is 15.4 Å². The molecule has 5 rings (SSSR count). The van der Waals surface area contributed by atoms with E-state index in [4.69, 9.17) is 0 Å². The van der Waals surface area contributed by atoms with Crippen molar-refractivity contribution in [2.75, 3.05) is 5.32 Å². The number of thiophene rings is 2. The Balaban J connectivity index is 1.66. The quantitative estimate of drug-likeness (QED) is 0.497. The predicted molar refractivity (Wildman–Crippen MR) is 127 cm³/mol. The Labute approximate surface area is 190 Å². The zero-order chi connectivity index (χ0) is 21.4. The second-order valence-electron chi connectivity index (χ2n) is 6.93. The minimum Gasteiger partial charge on any atom is -0.322 e. The number of anilines is 1. The van der Waals surface area contributed by atoms with E-state index >= 15 is 0 Å². The number of fused-ring (bicyclic) bond motifs is 1. The van der Waals surface area contributed by atoms with Gasteiger partial charge in [0.1, 0.15) is 6.04 Å². The van der Waals surface area contributed by atoms with E-state index in [1.165, 1.54) is 22.7 Å². The largest absolute Gasteiger partial charge is 0.322 e. The highest BCUT2D eigenvalue weighted by molar-refractivity contribution is 7.11. The predicted octanol–water partition coefficient (Wildman–Crippen LogP) is 4.00. The van der Waals surface area contributed by atoms with Crippen molar-refractivity contribution in [2.24, 2.45) is 4.99 Å². The maximum absolute atomic E-state index is 13.4. The number of aromatic nitrogens is 1. The number of hydrogen-bond acceptors (Lipinski definition) is 6. The molecular formula is C23H17N3O2S3. The summed E-state index contributed by atoms with van der Waals surface area (Å²) in [7, 11) is 0. The van der Waals surface area contributed by atoms with Crippen molar-refractivity contribution in [3.05, 3.63) is 106 Å². The summed E-state index contributed by atoms with van der Waals surface area (Å²) in [5, 5.41) is 6.89. The van der Waals surface area contributed by atoms with Crippen molar-refractivity contribution in [2.45, 2.75) is 13.0 Å². The van der Waals surface area contributed by atoms with Gasteiger partial charge in [-0.25, -0.2) is 4.99 Å². The van der Waals surface area contributed by atoms with Crippen LogP contribution in [0.1, 0.15) is 22.7 Å². The summed E-state index contributed by atoms with van der Waals surface area (Å²) in [6.07, 6.45) is 1.89. The van der Waals surface area contributed by atoms with E-state index in [0.29, 0.717) is 26.3 Å². The van der Waals surface area contributed by atoms with E-state index in [0.717, 1.165) is 9.75 Å².